The molecule has 8 nitrogen and oxygen atoms in total. The van der Waals surface area contributed by atoms with Crippen LogP contribution in [0.5, 0.6) is 5.75 Å². The molecule has 0 atom stereocenters. The normalized spacial score (nSPS) is 12.3. The summed E-state index contributed by atoms with van der Waals surface area (Å²) in [5.41, 5.74) is 4.84. The van der Waals surface area contributed by atoms with Crippen molar-refractivity contribution in [2.75, 3.05) is 6.61 Å². The quantitative estimate of drug-likeness (QED) is 0.277. The summed E-state index contributed by atoms with van der Waals surface area (Å²) in [6.07, 6.45) is 4.34. The van der Waals surface area contributed by atoms with Crippen LogP contribution in [0, 0.1) is 15.5 Å². The van der Waals surface area contributed by atoms with Gasteiger partial charge in [0.2, 0.25) is 0 Å². The van der Waals surface area contributed by atoms with Gasteiger partial charge in [-0.05, 0) is 34.9 Å². The van der Waals surface area contributed by atoms with Gasteiger partial charge in [0.25, 0.3) is 5.91 Å². The monoisotopic (exact) mass is 464 g/mol. The molecule has 0 aliphatic carbocycles. The van der Waals surface area contributed by atoms with Crippen molar-refractivity contribution >= 4 is 28.7 Å². The Morgan fingerprint density at radius 3 is 2.56 bits per heavy atom. The first-order valence-corrected chi connectivity index (χ1v) is 11.1. The third-order valence-electron chi connectivity index (χ3n) is 5.59. The third kappa shape index (κ3) is 6.01. The van der Waals surface area contributed by atoms with Crippen LogP contribution in [0.25, 0.3) is 10.9 Å². The van der Waals surface area contributed by atoms with E-state index in [4.69, 9.17) is 4.74 Å². The second-order valence-electron chi connectivity index (χ2n) is 10.4. The van der Waals surface area contributed by atoms with Crippen LogP contribution in [0.4, 0.5) is 5.69 Å². The topological polar surface area (TPSA) is 98.8 Å². The van der Waals surface area contributed by atoms with E-state index in [0.717, 1.165) is 28.5 Å². The van der Waals surface area contributed by atoms with Crippen molar-refractivity contribution in [2.24, 2.45) is 17.6 Å². The number of carbonyl (C=O) groups excluding carboxylic acids is 1. The fourth-order valence-electron chi connectivity index (χ4n) is 4.46. The summed E-state index contributed by atoms with van der Waals surface area (Å²) in [6, 6.07) is 12.8. The van der Waals surface area contributed by atoms with Gasteiger partial charge in [-0.1, -0.05) is 58.9 Å². The fourth-order valence-corrected chi connectivity index (χ4v) is 4.46. The molecule has 1 heterocycles. The van der Waals surface area contributed by atoms with Crippen molar-refractivity contribution in [3.05, 3.63) is 69.9 Å². The lowest BCUT2D eigenvalue weighted by atomic mass is 9.72. The molecule has 1 N–H and O–H groups in total. The zero-order valence-corrected chi connectivity index (χ0v) is 20.6. The second kappa shape index (κ2) is 9.67. The van der Waals surface area contributed by atoms with E-state index in [1.807, 2.05) is 48.1 Å². The van der Waals surface area contributed by atoms with Gasteiger partial charge in [0.15, 0.2) is 12.4 Å². The number of aromatic nitrogens is 1. The summed E-state index contributed by atoms with van der Waals surface area (Å²) in [5, 5.41) is 16.7. The van der Waals surface area contributed by atoms with Crippen molar-refractivity contribution in [2.45, 2.75) is 46.5 Å². The predicted molar refractivity (Wildman–Crippen MR) is 134 cm³/mol. The van der Waals surface area contributed by atoms with Gasteiger partial charge in [0.1, 0.15) is 0 Å². The van der Waals surface area contributed by atoms with E-state index in [2.05, 4.69) is 45.1 Å². The van der Waals surface area contributed by atoms with Gasteiger partial charge in [0, 0.05) is 35.8 Å². The number of hydrogen-bond acceptors (Lipinski definition) is 5. The standard InChI is InChI=1S/C26H32N4O4/c1-25(2,3)17-26(4,5)19-11-12-23(22(13-19)30(32)33)34-16-24(31)28-27-14-18-15-29(6)21-10-8-7-9-20(18)21/h7-15H,16-17H2,1-6H3,(H,28,31)/b27-14-. The third-order valence-corrected chi connectivity index (χ3v) is 5.59. The molecule has 0 aliphatic heterocycles. The van der Waals surface area contributed by atoms with Crippen LogP contribution in [0.1, 0.15) is 52.2 Å². The van der Waals surface area contributed by atoms with E-state index in [1.165, 1.54) is 6.07 Å². The summed E-state index contributed by atoms with van der Waals surface area (Å²) in [4.78, 5) is 23.4. The molecule has 0 saturated carbocycles. The highest BCUT2D eigenvalue weighted by Gasteiger charge is 2.29. The molecule has 3 rings (SSSR count). The summed E-state index contributed by atoms with van der Waals surface area (Å²) in [7, 11) is 1.94. The van der Waals surface area contributed by atoms with Crippen LogP contribution < -0.4 is 10.2 Å². The predicted octanol–water partition coefficient (Wildman–Crippen LogP) is 5.33. The maximum atomic E-state index is 12.2. The van der Waals surface area contributed by atoms with Gasteiger partial charge in [0.05, 0.1) is 11.1 Å². The number of fused-ring (bicyclic) bond motifs is 1. The second-order valence-corrected chi connectivity index (χ2v) is 10.4. The number of nitrogens with one attached hydrogen (secondary N) is 1. The minimum atomic E-state index is -0.511. The lowest BCUT2D eigenvalue weighted by Crippen LogP contribution is -2.26. The average Bonchev–Trinajstić information content (AvgIpc) is 3.06. The van der Waals surface area contributed by atoms with Crippen LogP contribution in [0.3, 0.4) is 0 Å². The number of ether oxygens (including phenoxy) is 1. The molecular weight excluding hydrogens is 432 g/mol. The van der Waals surface area contributed by atoms with Crippen LogP contribution in [-0.4, -0.2) is 28.2 Å². The first kappa shape index (κ1) is 25.0. The molecule has 0 saturated heterocycles. The van der Waals surface area contributed by atoms with E-state index >= 15 is 0 Å². The van der Waals surface area contributed by atoms with Crippen LogP contribution >= 0.6 is 0 Å². The summed E-state index contributed by atoms with van der Waals surface area (Å²) < 4.78 is 7.45. The van der Waals surface area contributed by atoms with Gasteiger partial charge >= 0.3 is 5.69 Å². The minimum absolute atomic E-state index is 0.0495. The van der Waals surface area contributed by atoms with E-state index in [-0.39, 0.29) is 22.3 Å². The molecule has 180 valence electrons. The molecule has 0 fully saturated rings. The van der Waals surface area contributed by atoms with Crippen molar-refractivity contribution in [1.29, 1.82) is 0 Å². The number of aryl methyl sites for hydroxylation is 1. The highest BCUT2D eigenvalue weighted by Crippen LogP contribution is 2.39. The molecule has 34 heavy (non-hydrogen) atoms. The molecule has 8 heteroatoms. The summed E-state index contributed by atoms with van der Waals surface area (Å²) in [6.45, 7) is 10.2. The molecule has 1 amide bonds. The summed E-state index contributed by atoms with van der Waals surface area (Å²) >= 11 is 0. The molecule has 0 bridgehead atoms. The molecule has 1 aromatic heterocycles. The average molecular weight is 465 g/mol. The highest BCUT2D eigenvalue weighted by atomic mass is 16.6. The lowest BCUT2D eigenvalue weighted by molar-refractivity contribution is -0.385. The molecule has 0 spiro atoms. The Morgan fingerprint density at radius 2 is 1.88 bits per heavy atom. The highest BCUT2D eigenvalue weighted by molar-refractivity contribution is 5.99. The molecule has 0 radical (unpaired) electrons. The number of carbonyl (C=O) groups is 1. The maximum absolute atomic E-state index is 12.2. The van der Waals surface area contributed by atoms with Gasteiger partial charge in [-0.25, -0.2) is 5.43 Å². The van der Waals surface area contributed by atoms with Crippen molar-refractivity contribution < 1.29 is 14.5 Å². The van der Waals surface area contributed by atoms with Crippen LogP contribution in [0.2, 0.25) is 0 Å². The Bertz CT molecular complexity index is 1240. The fraction of sp³-hybridized carbons (Fsp3) is 0.385. The van der Waals surface area contributed by atoms with Crippen LogP contribution in [0.15, 0.2) is 53.8 Å². The zero-order valence-electron chi connectivity index (χ0n) is 20.6. The molecule has 0 unspecified atom stereocenters. The molecular formula is C26H32N4O4. The number of benzene rings is 2. The number of hydrazone groups is 1. The van der Waals surface area contributed by atoms with Gasteiger partial charge in [-0.15, -0.1) is 0 Å². The Hall–Kier alpha value is -3.68. The number of amides is 1. The SMILES string of the molecule is Cn1cc(/C=N\NC(=O)COc2ccc(C(C)(C)CC(C)(C)C)cc2[N+](=O)[O-])c2ccccc21. The molecule has 0 aliphatic rings. The number of nitro groups is 1. The Labute approximate surface area is 199 Å². The van der Waals surface area contributed by atoms with E-state index in [0.29, 0.717) is 0 Å². The molecule has 2 aromatic carbocycles. The first-order chi connectivity index (χ1) is 15.9. The smallest absolute Gasteiger partial charge is 0.311 e. The Balaban J connectivity index is 1.66. The van der Waals surface area contributed by atoms with Gasteiger partial charge in [-0.2, -0.15) is 5.10 Å². The van der Waals surface area contributed by atoms with E-state index < -0.39 is 17.4 Å². The zero-order chi connectivity index (χ0) is 25.1. The van der Waals surface area contributed by atoms with Crippen LogP contribution in [-0.2, 0) is 17.3 Å². The maximum Gasteiger partial charge on any atom is 0.311 e. The number of nitro benzene ring substituents is 1. The van der Waals surface area contributed by atoms with E-state index in [1.54, 1.807) is 12.3 Å². The number of hydrogen-bond donors (Lipinski definition) is 1. The number of para-hydroxylation sites is 1. The Kier molecular flexibility index (Phi) is 7.09. The number of nitrogens with zero attached hydrogens (tertiary/aromatic N) is 3. The van der Waals surface area contributed by atoms with Gasteiger partial charge < -0.3 is 9.30 Å². The Morgan fingerprint density at radius 1 is 1.18 bits per heavy atom. The minimum Gasteiger partial charge on any atom is -0.477 e. The number of rotatable bonds is 8. The summed E-state index contributed by atoms with van der Waals surface area (Å²) in [5.74, 6) is -0.462. The lowest BCUT2D eigenvalue weighted by Gasteiger charge is -2.33. The first-order valence-electron chi connectivity index (χ1n) is 11.1. The molecule has 3 aromatic rings. The van der Waals surface area contributed by atoms with Crippen molar-refractivity contribution in [3.63, 3.8) is 0 Å². The van der Waals surface area contributed by atoms with Crippen molar-refractivity contribution in [3.8, 4) is 5.75 Å². The van der Waals surface area contributed by atoms with Crippen molar-refractivity contribution in [1.82, 2.24) is 9.99 Å². The van der Waals surface area contributed by atoms with E-state index in [9.17, 15) is 14.9 Å². The largest absolute Gasteiger partial charge is 0.477 e. The van der Waals surface area contributed by atoms with Gasteiger partial charge in [-0.3, -0.25) is 14.9 Å².